The molecule has 4 rings (SSSR count). The van der Waals surface area contributed by atoms with E-state index in [9.17, 15) is 9.18 Å². The van der Waals surface area contributed by atoms with Crippen molar-refractivity contribution in [3.63, 3.8) is 0 Å². The van der Waals surface area contributed by atoms with Gasteiger partial charge in [0.05, 0.1) is 19.4 Å². The van der Waals surface area contributed by atoms with Crippen LogP contribution in [0.2, 0.25) is 0 Å². The first kappa shape index (κ1) is 19.6. The number of nitrogens with zero attached hydrogens (tertiary/aromatic N) is 3. The SMILES string of the molecule is NC(=O)[C@H]1CC[C@H](Nc2ncc(F)c(-c3cccc(N4CCOCC4)c3)n2)CC1. The maximum atomic E-state index is 14.5. The minimum Gasteiger partial charge on any atom is -0.378 e. The number of aromatic nitrogens is 2. The van der Waals surface area contributed by atoms with Crippen LogP contribution in [-0.2, 0) is 9.53 Å². The Bertz CT molecular complexity index is 864. The van der Waals surface area contributed by atoms with Crippen LogP contribution in [0.3, 0.4) is 0 Å². The van der Waals surface area contributed by atoms with Crippen LogP contribution in [0.4, 0.5) is 16.0 Å². The highest BCUT2D eigenvalue weighted by Gasteiger charge is 2.25. The minimum atomic E-state index is -0.452. The maximum Gasteiger partial charge on any atom is 0.223 e. The standard InChI is InChI=1S/C21H26FN5O2/c22-18-13-24-21(25-16-6-4-14(5-7-16)20(23)28)26-19(18)15-2-1-3-17(12-15)27-8-10-29-11-9-27/h1-3,12-14,16H,4-11H2,(H2,23,28)(H,24,25,26)/t14-,16-. The van der Waals surface area contributed by atoms with Crippen LogP contribution in [0.25, 0.3) is 11.3 Å². The number of anilines is 2. The molecule has 1 saturated heterocycles. The number of hydrogen-bond acceptors (Lipinski definition) is 6. The van der Waals surface area contributed by atoms with Crippen LogP contribution in [0.1, 0.15) is 25.7 Å². The Hall–Kier alpha value is -2.74. The second-order valence-corrected chi connectivity index (χ2v) is 7.64. The van der Waals surface area contributed by atoms with E-state index in [0.717, 1.165) is 50.0 Å². The molecule has 2 heterocycles. The summed E-state index contributed by atoms with van der Waals surface area (Å²) in [4.78, 5) is 22.1. The summed E-state index contributed by atoms with van der Waals surface area (Å²) in [6, 6.07) is 7.91. The van der Waals surface area contributed by atoms with E-state index in [-0.39, 0.29) is 23.6 Å². The molecule has 1 saturated carbocycles. The van der Waals surface area contributed by atoms with Crippen molar-refractivity contribution in [1.29, 1.82) is 0 Å². The fourth-order valence-electron chi connectivity index (χ4n) is 4.02. The van der Waals surface area contributed by atoms with Gasteiger partial charge in [-0.2, -0.15) is 0 Å². The fraction of sp³-hybridized carbons (Fsp3) is 0.476. The van der Waals surface area contributed by atoms with E-state index < -0.39 is 5.82 Å². The van der Waals surface area contributed by atoms with Gasteiger partial charge in [0.2, 0.25) is 11.9 Å². The predicted molar refractivity (Wildman–Crippen MR) is 109 cm³/mol. The van der Waals surface area contributed by atoms with E-state index in [4.69, 9.17) is 10.5 Å². The Kier molecular flexibility index (Phi) is 5.89. The lowest BCUT2D eigenvalue weighted by molar-refractivity contribution is -0.122. The van der Waals surface area contributed by atoms with Crippen molar-refractivity contribution in [2.24, 2.45) is 11.7 Å². The molecule has 2 aromatic rings. The number of nitrogens with one attached hydrogen (secondary N) is 1. The van der Waals surface area contributed by atoms with Crippen LogP contribution in [-0.4, -0.2) is 48.2 Å². The predicted octanol–water partition coefficient (Wildman–Crippen LogP) is 2.58. The van der Waals surface area contributed by atoms with Crippen molar-refractivity contribution in [2.45, 2.75) is 31.7 Å². The van der Waals surface area contributed by atoms with Gasteiger partial charge in [-0.3, -0.25) is 4.79 Å². The van der Waals surface area contributed by atoms with Crippen molar-refractivity contribution in [2.75, 3.05) is 36.5 Å². The first-order chi connectivity index (χ1) is 14.1. The number of nitrogens with two attached hydrogens (primary N) is 1. The van der Waals surface area contributed by atoms with E-state index >= 15 is 0 Å². The summed E-state index contributed by atoms with van der Waals surface area (Å²) >= 11 is 0. The molecule has 1 aliphatic heterocycles. The van der Waals surface area contributed by atoms with Crippen LogP contribution >= 0.6 is 0 Å². The highest BCUT2D eigenvalue weighted by Crippen LogP contribution is 2.28. The molecule has 2 fully saturated rings. The van der Waals surface area contributed by atoms with Crippen molar-refractivity contribution in [3.05, 3.63) is 36.3 Å². The average molecular weight is 399 g/mol. The van der Waals surface area contributed by atoms with Gasteiger partial charge in [0.1, 0.15) is 5.69 Å². The zero-order chi connectivity index (χ0) is 20.2. The molecule has 0 spiro atoms. The molecule has 8 heteroatoms. The molecule has 1 amide bonds. The number of benzene rings is 1. The van der Waals surface area contributed by atoms with E-state index in [0.29, 0.717) is 19.2 Å². The molecule has 1 aromatic carbocycles. The average Bonchev–Trinajstić information content (AvgIpc) is 2.76. The zero-order valence-electron chi connectivity index (χ0n) is 16.3. The second kappa shape index (κ2) is 8.73. The Morgan fingerprint density at radius 1 is 1.21 bits per heavy atom. The Labute approximate surface area is 169 Å². The van der Waals surface area contributed by atoms with Crippen LogP contribution < -0.4 is 16.0 Å². The molecule has 7 nitrogen and oxygen atoms in total. The molecular weight excluding hydrogens is 373 g/mol. The van der Waals surface area contributed by atoms with E-state index in [1.165, 1.54) is 6.20 Å². The number of rotatable bonds is 5. The summed E-state index contributed by atoms with van der Waals surface area (Å²) in [6.45, 7) is 3.02. The first-order valence-electron chi connectivity index (χ1n) is 10.1. The molecular formula is C21H26FN5O2. The molecule has 1 aliphatic carbocycles. The number of amides is 1. The Balaban J connectivity index is 1.49. The van der Waals surface area contributed by atoms with Crippen LogP contribution in [0.5, 0.6) is 0 Å². The third kappa shape index (κ3) is 4.64. The molecule has 154 valence electrons. The van der Waals surface area contributed by atoms with E-state index in [2.05, 4.69) is 20.2 Å². The molecule has 1 aromatic heterocycles. The molecule has 3 N–H and O–H groups in total. The van der Waals surface area contributed by atoms with Crippen LogP contribution in [0.15, 0.2) is 30.5 Å². The fourth-order valence-corrected chi connectivity index (χ4v) is 4.02. The number of halogens is 1. The lowest BCUT2D eigenvalue weighted by Gasteiger charge is -2.29. The second-order valence-electron chi connectivity index (χ2n) is 7.64. The van der Waals surface area contributed by atoms with Gasteiger partial charge in [0.15, 0.2) is 5.82 Å². The van der Waals surface area contributed by atoms with Crippen molar-refractivity contribution in [3.8, 4) is 11.3 Å². The molecule has 0 radical (unpaired) electrons. The number of carbonyl (C=O) groups excluding carboxylic acids is 1. The van der Waals surface area contributed by atoms with Gasteiger partial charge in [-0.1, -0.05) is 12.1 Å². The number of primary amides is 1. The number of hydrogen-bond donors (Lipinski definition) is 2. The van der Waals surface area contributed by atoms with E-state index in [1.807, 2.05) is 24.3 Å². The third-order valence-corrected chi connectivity index (χ3v) is 5.70. The molecule has 0 unspecified atom stereocenters. The molecule has 2 aliphatic rings. The number of ether oxygens (including phenoxy) is 1. The van der Waals surface area contributed by atoms with Gasteiger partial charge in [-0.25, -0.2) is 14.4 Å². The summed E-state index contributed by atoms with van der Waals surface area (Å²) in [7, 11) is 0. The number of carbonyl (C=O) groups is 1. The summed E-state index contributed by atoms with van der Waals surface area (Å²) in [5.41, 5.74) is 7.42. The quantitative estimate of drug-likeness (QED) is 0.803. The van der Waals surface area contributed by atoms with Gasteiger partial charge >= 0.3 is 0 Å². The summed E-state index contributed by atoms with van der Waals surface area (Å²) in [6.07, 6.45) is 4.35. The highest BCUT2D eigenvalue weighted by atomic mass is 19.1. The summed E-state index contributed by atoms with van der Waals surface area (Å²) in [5.74, 6) is -0.336. The van der Waals surface area contributed by atoms with Gasteiger partial charge in [-0.15, -0.1) is 0 Å². The van der Waals surface area contributed by atoms with Gasteiger partial charge < -0.3 is 20.7 Å². The number of morpholine rings is 1. The van der Waals surface area contributed by atoms with Gasteiger partial charge in [0, 0.05) is 36.3 Å². The van der Waals surface area contributed by atoms with Gasteiger partial charge in [-0.05, 0) is 37.8 Å². The summed E-state index contributed by atoms with van der Waals surface area (Å²) < 4.78 is 19.9. The molecule has 0 bridgehead atoms. The lowest BCUT2D eigenvalue weighted by atomic mass is 9.86. The van der Waals surface area contributed by atoms with E-state index in [1.54, 1.807) is 0 Å². The highest BCUT2D eigenvalue weighted by molar-refractivity contribution is 5.76. The largest absolute Gasteiger partial charge is 0.378 e. The van der Waals surface area contributed by atoms with Gasteiger partial charge in [0.25, 0.3) is 0 Å². The topological polar surface area (TPSA) is 93.4 Å². The Morgan fingerprint density at radius 3 is 2.69 bits per heavy atom. The van der Waals surface area contributed by atoms with Crippen molar-refractivity contribution < 1.29 is 13.9 Å². The normalized spacial score (nSPS) is 22.3. The smallest absolute Gasteiger partial charge is 0.223 e. The van der Waals surface area contributed by atoms with Crippen molar-refractivity contribution in [1.82, 2.24) is 9.97 Å². The lowest BCUT2D eigenvalue weighted by Crippen LogP contribution is -2.36. The zero-order valence-corrected chi connectivity index (χ0v) is 16.3. The first-order valence-corrected chi connectivity index (χ1v) is 10.1. The van der Waals surface area contributed by atoms with Crippen molar-refractivity contribution >= 4 is 17.5 Å². The maximum absolute atomic E-state index is 14.5. The van der Waals surface area contributed by atoms with Crippen LogP contribution in [0, 0.1) is 11.7 Å². The monoisotopic (exact) mass is 399 g/mol. The minimum absolute atomic E-state index is 0.0549. The third-order valence-electron chi connectivity index (χ3n) is 5.70. The molecule has 0 atom stereocenters. The Morgan fingerprint density at radius 2 is 1.97 bits per heavy atom. The summed E-state index contributed by atoms with van der Waals surface area (Å²) in [5, 5.41) is 3.29. The molecule has 29 heavy (non-hydrogen) atoms.